The molecule has 18 heavy (non-hydrogen) atoms. The Hall–Kier alpha value is -1.32. The lowest BCUT2D eigenvalue weighted by molar-refractivity contribution is 0.407. The number of hydrogen-bond donors (Lipinski definition) is 1. The third-order valence-corrected chi connectivity index (χ3v) is 3.61. The van der Waals surface area contributed by atoms with Crippen LogP contribution in [0.25, 0.3) is 0 Å². The Morgan fingerprint density at radius 1 is 1.56 bits per heavy atom. The first-order chi connectivity index (χ1) is 8.69. The molecule has 1 aliphatic rings. The van der Waals surface area contributed by atoms with Crippen LogP contribution in [-0.4, -0.2) is 15.8 Å². The first-order valence-electron chi connectivity index (χ1n) is 7.02. The van der Waals surface area contributed by atoms with Gasteiger partial charge in [-0.25, -0.2) is 4.68 Å². The molecule has 1 heterocycles. The van der Waals surface area contributed by atoms with Gasteiger partial charge in [-0.2, -0.15) is 5.10 Å². The second-order valence-corrected chi connectivity index (χ2v) is 5.43. The summed E-state index contributed by atoms with van der Waals surface area (Å²) in [5, 5.41) is 7.60. The molecule has 1 atom stereocenters. The number of anilines is 1. The summed E-state index contributed by atoms with van der Waals surface area (Å²) in [6.07, 6.45) is 7.76. The molecule has 0 spiro atoms. The van der Waals surface area contributed by atoms with E-state index in [1.165, 1.54) is 19.3 Å². The van der Waals surface area contributed by atoms with E-state index in [9.17, 15) is 4.79 Å². The second kappa shape index (κ2) is 6.03. The zero-order chi connectivity index (χ0) is 13.0. The molecule has 0 aromatic carbocycles. The molecule has 1 unspecified atom stereocenters. The van der Waals surface area contributed by atoms with Crippen molar-refractivity contribution in [3.63, 3.8) is 0 Å². The molecule has 4 heteroatoms. The molecule has 4 nitrogen and oxygen atoms in total. The molecule has 0 bridgehead atoms. The molecule has 1 aromatic rings. The number of nitrogens with one attached hydrogen (secondary N) is 1. The van der Waals surface area contributed by atoms with Crippen molar-refractivity contribution in [2.24, 2.45) is 5.92 Å². The van der Waals surface area contributed by atoms with Gasteiger partial charge in [-0.1, -0.05) is 20.3 Å². The summed E-state index contributed by atoms with van der Waals surface area (Å²) in [6, 6.07) is 2.21. The highest BCUT2D eigenvalue weighted by Gasteiger charge is 2.17. The minimum Gasteiger partial charge on any atom is -0.381 e. The van der Waals surface area contributed by atoms with Gasteiger partial charge in [-0.3, -0.25) is 4.79 Å². The van der Waals surface area contributed by atoms with Gasteiger partial charge in [0.25, 0.3) is 5.56 Å². The van der Waals surface area contributed by atoms with E-state index in [1.54, 1.807) is 16.9 Å². The maximum atomic E-state index is 11.9. The van der Waals surface area contributed by atoms with E-state index in [4.69, 9.17) is 0 Å². The van der Waals surface area contributed by atoms with Gasteiger partial charge in [-0.15, -0.1) is 0 Å². The average Bonchev–Trinajstić information content (AvgIpc) is 2.27. The molecular weight excluding hydrogens is 226 g/mol. The van der Waals surface area contributed by atoms with Gasteiger partial charge in [0.1, 0.15) is 0 Å². The number of nitrogens with zero attached hydrogens (tertiary/aromatic N) is 2. The van der Waals surface area contributed by atoms with Gasteiger partial charge >= 0.3 is 0 Å². The predicted octanol–water partition coefficient (Wildman–Crippen LogP) is 2.64. The summed E-state index contributed by atoms with van der Waals surface area (Å²) in [5.41, 5.74) is 0.867. The van der Waals surface area contributed by atoms with Gasteiger partial charge in [0, 0.05) is 18.7 Å². The third-order valence-electron chi connectivity index (χ3n) is 3.61. The lowest BCUT2D eigenvalue weighted by atomic mass is 9.93. The maximum absolute atomic E-state index is 11.9. The van der Waals surface area contributed by atoms with Crippen LogP contribution < -0.4 is 10.9 Å². The van der Waals surface area contributed by atoms with E-state index in [0.29, 0.717) is 12.0 Å². The summed E-state index contributed by atoms with van der Waals surface area (Å²) in [4.78, 5) is 11.9. The Morgan fingerprint density at radius 2 is 2.33 bits per heavy atom. The normalized spacial score (nSPS) is 17.2. The van der Waals surface area contributed by atoms with Gasteiger partial charge in [0.05, 0.1) is 11.9 Å². The van der Waals surface area contributed by atoms with Gasteiger partial charge in [0.15, 0.2) is 0 Å². The minimum absolute atomic E-state index is 0.00211. The largest absolute Gasteiger partial charge is 0.381 e. The van der Waals surface area contributed by atoms with Gasteiger partial charge in [0.2, 0.25) is 0 Å². The Morgan fingerprint density at radius 3 is 2.89 bits per heavy atom. The van der Waals surface area contributed by atoms with Crippen LogP contribution in [-0.2, 0) is 6.54 Å². The second-order valence-electron chi connectivity index (χ2n) is 5.43. The Labute approximate surface area is 108 Å². The van der Waals surface area contributed by atoms with Crippen molar-refractivity contribution in [2.45, 2.75) is 58.5 Å². The summed E-state index contributed by atoms with van der Waals surface area (Å²) in [6.45, 7) is 5.05. The zero-order valence-electron chi connectivity index (χ0n) is 11.4. The molecule has 0 radical (unpaired) electrons. The average molecular weight is 249 g/mol. The van der Waals surface area contributed by atoms with Crippen molar-refractivity contribution in [2.75, 3.05) is 5.32 Å². The fourth-order valence-corrected chi connectivity index (χ4v) is 2.32. The first-order valence-corrected chi connectivity index (χ1v) is 7.02. The van der Waals surface area contributed by atoms with Crippen LogP contribution in [0.1, 0.15) is 46.0 Å². The summed E-state index contributed by atoms with van der Waals surface area (Å²) in [5.74, 6) is 0.505. The van der Waals surface area contributed by atoms with Crippen LogP contribution in [0.2, 0.25) is 0 Å². The molecule has 0 amide bonds. The van der Waals surface area contributed by atoms with Crippen molar-refractivity contribution < 1.29 is 0 Å². The molecule has 1 fully saturated rings. The van der Waals surface area contributed by atoms with Crippen molar-refractivity contribution >= 4 is 5.69 Å². The number of aromatic nitrogens is 2. The van der Waals surface area contributed by atoms with E-state index in [-0.39, 0.29) is 5.56 Å². The minimum atomic E-state index is 0.00211. The molecule has 1 aromatic heterocycles. The number of hydrogen-bond acceptors (Lipinski definition) is 3. The van der Waals surface area contributed by atoms with Crippen LogP contribution in [0.5, 0.6) is 0 Å². The van der Waals surface area contributed by atoms with Gasteiger partial charge < -0.3 is 5.32 Å². The number of rotatable bonds is 6. The van der Waals surface area contributed by atoms with Crippen molar-refractivity contribution in [3.8, 4) is 0 Å². The SMILES string of the molecule is CCCC(C)Cn1ncc(NC2CCC2)cc1=O. The van der Waals surface area contributed by atoms with Crippen LogP contribution in [0.4, 0.5) is 5.69 Å². The standard InChI is InChI=1S/C14H23N3O/c1-3-5-11(2)10-17-14(18)8-13(9-15-17)16-12-6-4-7-12/h8-9,11-12,16H,3-7,10H2,1-2H3. The Kier molecular flexibility index (Phi) is 4.39. The van der Waals surface area contributed by atoms with Crippen molar-refractivity contribution in [3.05, 3.63) is 22.6 Å². The van der Waals surface area contributed by atoms with E-state index in [1.807, 2.05) is 0 Å². The maximum Gasteiger partial charge on any atom is 0.268 e. The quantitative estimate of drug-likeness (QED) is 0.843. The molecule has 100 valence electrons. The van der Waals surface area contributed by atoms with E-state index < -0.39 is 0 Å². The van der Waals surface area contributed by atoms with Crippen LogP contribution in [0.15, 0.2) is 17.1 Å². The molecule has 2 rings (SSSR count). The molecular formula is C14H23N3O. The highest BCUT2D eigenvalue weighted by atomic mass is 16.1. The van der Waals surface area contributed by atoms with E-state index in [0.717, 1.165) is 25.1 Å². The third kappa shape index (κ3) is 3.34. The Balaban J connectivity index is 1.98. The molecule has 1 saturated carbocycles. The summed E-state index contributed by atoms with van der Waals surface area (Å²) >= 11 is 0. The van der Waals surface area contributed by atoms with Crippen LogP contribution in [0, 0.1) is 5.92 Å². The van der Waals surface area contributed by atoms with Crippen molar-refractivity contribution in [1.29, 1.82) is 0 Å². The molecule has 1 N–H and O–H groups in total. The lowest BCUT2D eigenvalue weighted by Crippen LogP contribution is -2.30. The smallest absolute Gasteiger partial charge is 0.268 e. The molecule has 0 aliphatic heterocycles. The summed E-state index contributed by atoms with van der Waals surface area (Å²) in [7, 11) is 0. The zero-order valence-corrected chi connectivity index (χ0v) is 11.4. The predicted molar refractivity (Wildman–Crippen MR) is 73.8 cm³/mol. The van der Waals surface area contributed by atoms with Crippen molar-refractivity contribution in [1.82, 2.24) is 9.78 Å². The molecule has 1 aliphatic carbocycles. The highest BCUT2D eigenvalue weighted by molar-refractivity contribution is 5.40. The monoisotopic (exact) mass is 249 g/mol. The first kappa shape index (κ1) is 13.1. The van der Waals surface area contributed by atoms with E-state index in [2.05, 4.69) is 24.3 Å². The topological polar surface area (TPSA) is 46.9 Å². The van der Waals surface area contributed by atoms with Crippen LogP contribution >= 0.6 is 0 Å². The highest BCUT2D eigenvalue weighted by Crippen LogP contribution is 2.22. The van der Waals surface area contributed by atoms with E-state index >= 15 is 0 Å². The van der Waals surface area contributed by atoms with Gasteiger partial charge in [-0.05, 0) is 31.6 Å². The Bertz CT molecular complexity index is 437. The summed E-state index contributed by atoms with van der Waals surface area (Å²) < 4.78 is 1.58. The molecule has 0 saturated heterocycles. The lowest BCUT2D eigenvalue weighted by Gasteiger charge is -2.27. The fraction of sp³-hybridized carbons (Fsp3) is 0.714. The van der Waals surface area contributed by atoms with Crippen LogP contribution in [0.3, 0.4) is 0 Å². The fourth-order valence-electron chi connectivity index (χ4n) is 2.32.